The number of carbonyl (C=O) groups is 1. The molecule has 0 saturated carbocycles. The zero-order valence-electron chi connectivity index (χ0n) is 12.7. The van der Waals surface area contributed by atoms with Crippen LogP contribution in [-0.2, 0) is 9.53 Å². The first-order chi connectivity index (χ1) is 8.23. The highest BCUT2D eigenvalue weighted by Crippen LogP contribution is 2.34. The number of nitrogens with one attached hydrogen (secondary N) is 1. The van der Waals surface area contributed by atoms with Crippen LogP contribution in [0.3, 0.4) is 0 Å². The predicted octanol–water partition coefficient (Wildman–Crippen LogP) is 1.51. The van der Waals surface area contributed by atoms with Gasteiger partial charge in [0.25, 0.3) is 0 Å². The lowest BCUT2D eigenvalue weighted by Crippen LogP contribution is -2.55. The van der Waals surface area contributed by atoms with E-state index in [0.717, 1.165) is 13.1 Å². The van der Waals surface area contributed by atoms with Gasteiger partial charge in [-0.05, 0) is 38.3 Å². The van der Waals surface area contributed by atoms with Gasteiger partial charge in [0, 0.05) is 13.1 Å². The topological polar surface area (TPSA) is 41.6 Å². The molecule has 2 atom stereocenters. The normalized spacial score (nSPS) is 24.9. The lowest BCUT2D eigenvalue weighted by atomic mass is 9.80. The molecule has 0 spiro atoms. The first-order valence-electron chi connectivity index (χ1n) is 6.72. The lowest BCUT2D eigenvalue weighted by Gasteiger charge is -2.32. The van der Waals surface area contributed by atoms with Gasteiger partial charge in [0.2, 0.25) is 0 Å². The summed E-state index contributed by atoms with van der Waals surface area (Å²) >= 11 is 0. The molecule has 0 bridgehead atoms. The van der Waals surface area contributed by atoms with Crippen LogP contribution in [0.1, 0.15) is 34.1 Å². The summed E-state index contributed by atoms with van der Waals surface area (Å²) in [5, 5.41) is 3.09. The molecule has 1 aliphatic rings. The lowest BCUT2D eigenvalue weighted by molar-refractivity contribution is -0.148. The highest BCUT2D eigenvalue weighted by Gasteiger charge is 2.39. The van der Waals surface area contributed by atoms with Crippen molar-refractivity contribution in [2.75, 3.05) is 33.8 Å². The van der Waals surface area contributed by atoms with E-state index in [1.54, 1.807) is 0 Å². The number of esters is 1. The zero-order chi connectivity index (χ0) is 14.0. The Morgan fingerprint density at radius 3 is 2.39 bits per heavy atom. The number of hydrogen-bond acceptors (Lipinski definition) is 4. The van der Waals surface area contributed by atoms with E-state index in [2.05, 4.69) is 31.0 Å². The first kappa shape index (κ1) is 15.4. The summed E-state index contributed by atoms with van der Waals surface area (Å²) in [6, 6.07) is 0. The SMILES string of the molecule is CNC(C)(CN1CCC(C(C)(C)C)C1)C(=O)OC. The van der Waals surface area contributed by atoms with Gasteiger partial charge in [-0.2, -0.15) is 0 Å². The molecule has 4 nitrogen and oxygen atoms in total. The minimum absolute atomic E-state index is 0.191. The first-order valence-corrected chi connectivity index (χ1v) is 6.72. The van der Waals surface area contributed by atoms with Crippen LogP contribution in [0.2, 0.25) is 0 Å². The van der Waals surface area contributed by atoms with Crippen LogP contribution in [0, 0.1) is 11.3 Å². The molecule has 18 heavy (non-hydrogen) atoms. The summed E-state index contributed by atoms with van der Waals surface area (Å²) in [5.74, 6) is 0.514. The predicted molar refractivity (Wildman–Crippen MR) is 73.5 cm³/mol. The zero-order valence-corrected chi connectivity index (χ0v) is 12.7. The monoisotopic (exact) mass is 256 g/mol. The standard InChI is InChI=1S/C14H28N2O2/c1-13(2,3)11-7-8-16(9-11)10-14(4,15-5)12(17)18-6/h11,15H,7-10H2,1-6H3. The second kappa shape index (κ2) is 5.57. The number of likely N-dealkylation sites (tertiary alicyclic amines) is 1. The van der Waals surface area contributed by atoms with Crippen molar-refractivity contribution in [3.63, 3.8) is 0 Å². The summed E-state index contributed by atoms with van der Waals surface area (Å²) in [6.07, 6.45) is 1.21. The number of hydrogen-bond donors (Lipinski definition) is 1. The molecule has 1 saturated heterocycles. The average molecular weight is 256 g/mol. The fourth-order valence-electron chi connectivity index (χ4n) is 2.60. The minimum Gasteiger partial charge on any atom is -0.468 e. The molecular weight excluding hydrogens is 228 g/mol. The Morgan fingerprint density at radius 2 is 2.00 bits per heavy atom. The maximum absolute atomic E-state index is 11.8. The maximum atomic E-state index is 11.8. The Morgan fingerprint density at radius 1 is 1.39 bits per heavy atom. The van der Waals surface area contributed by atoms with Crippen LogP contribution in [0.4, 0.5) is 0 Å². The van der Waals surface area contributed by atoms with Gasteiger partial charge in [-0.1, -0.05) is 20.8 Å². The van der Waals surface area contributed by atoms with Gasteiger partial charge in [0.05, 0.1) is 7.11 Å². The van der Waals surface area contributed by atoms with E-state index in [9.17, 15) is 4.79 Å². The molecule has 0 aromatic heterocycles. The molecule has 1 fully saturated rings. The van der Waals surface area contributed by atoms with Crippen LogP contribution in [0.15, 0.2) is 0 Å². The number of methoxy groups -OCH3 is 1. The molecule has 106 valence electrons. The van der Waals surface area contributed by atoms with E-state index < -0.39 is 5.54 Å². The van der Waals surface area contributed by atoms with Gasteiger partial charge in [-0.25, -0.2) is 0 Å². The summed E-state index contributed by atoms with van der Waals surface area (Å²) in [4.78, 5) is 14.2. The van der Waals surface area contributed by atoms with Crippen LogP contribution < -0.4 is 5.32 Å². The van der Waals surface area contributed by atoms with Gasteiger partial charge in [0.1, 0.15) is 5.54 Å². The second-order valence-corrected chi connectivity index (χ2v) is 6.66. The summed E-state index contributed by atoms with van der Waals surface area (Å²) in [5.41, 5.74) is -0.266. The molecule has 0 amide bonds. The molecule has 2 unspecified atom stereocenters. The Balaban J connectivity index is 2.61. The summed E-state index contributed by atoms with van der Waals surface area (Å²) < 4.78 is 4.88. The van der Waals surface area contributed by atoms with Crippen LogP contribution in [0.5, 0.6) is 0 Å². The highest BCUT2D eigenvalue weighted by atomic mass is 16.5. The number of ether oxygens (including phenoxy) is 1. The Kier molecular flexibility index (Phi) is 4.78. The van der Waals surface area contributed by atoms with Crippen molar-refractivity contribution >= 4 is 5.97 Å². The highest BCUT2D eigenvalue weighted by molar-refractivity contribution is 5.80. The van der Waals surface area contributed by atoms with Gasteiger partial charge in [-0.15, -0.1) is 0 Å². The Labute approximate surface area is 111 Å². The van der Waals surface area contributed by atoms with Crippen molar-refractivity contribution in [1.29, 1.82) is 0 Å². The summed E-state index contributed by atoms with van der Waals surface area (Å²) in [6.45, 7) is 11.6. The van der Waals surface area contributed by atoms with E-state index in [-0.39, 0.29) is 5.97 Å². The number of likely N-dealkylation sites (N-methyl/N-ethyl adjacent to an activating group) is 1. The molecule has 1 rings (SSSR count). The smallest absolute Gasteiger partial charge is 0.327 e. The molecule has 0 radical (unpaired) electrons. The molecule has 1 N–H and O–H groups in total. The van der Waals surface area contributed by atoms with E-state index >= 15 is 0 Å². The van der Waals surface area contributed by atoms with Crippen molar-refractivity contribution in [3.05, 3.63) is 0 Å². The van der Waals surface area contributed by atoms with Gasteiger partial charge >= 0.3 is 5.97 Å². The van der Waals surface area contributed by atoms with Crippen LogP contribution in [-0.4, -0.2) is 50.2 Å². The summed E-state index contributed by atoms with van der Waals surface area (Å²) in [7, 11) is 3.26. The fraction of sp³-hybridized carbons (Fsp3) is 0.929. The second-order valence-electron chi connectivity index (χ2n) is 6.66. The van der Waals surface area contributed by atoms with E-state index in [1.165, 1.54) is 13.5 Å². The number of carbonyl (C=O) groups excluding carboxylic acids is 1. The Bertz CT molecular complexity index is 299. The minimum atomic E-state index is -0.610. The third-order valence-corrected chi connectivity index (χ3v) is 4.22. The molecule has 1 heterocycles. The fourth-order valence-corrected chi connectivity index (χ4v) is 2.60. The van der Waals surface area contributed by atoms with Crippen molar-refractivity contribution in [3.8, 4) is 0 Å². The molecule has 1 aliphatic heterocycles. The van der Waals surface area contributed by atoms with Crippen LogP contribution >= 0.6 is 0 Å². The van der Waals surface area contributed by atoms with E-state index in [4.69, 9.17) is 4.74 Å². The van der Waals surface area contributed by atoms with Crippen molar-refractivity contribution in [2.24, 2.45) is 11.3 Å². The van der Waals surface area contributed by atoms with Crippen molar-refractivity contribution < 1.29 is 9.53 Å². The molecule has 4 heteroatoms. The number of nitrogens with zero attached hydrogens (tertiary/aromatic N) is 1. The maximum Gasteiger partial charge on any atom is 0.327 e. The van der Waals surface area contributed by atoms with Gasteiger partial charge in [-0.3, -0.25) is 4.79 Å². The van der Waals surface area contributed by atoms with Crippen LogP contribution in [0.25, 0.3) is 0 Å². The molecule has 0 aromatic carbocycles. The van der Waals surface area contributed by atoms with E-state index in [0.29, 0.717) is 17.9 Å². The van der Waals surface area contributed by atoms with E-state index in [1.807, 2.05) is 14.0 Å². The molecule has 0 aromatic rings. The Hall–Kier alpha value is -0.610. The van der Waals surface area contributed by atoms with Crippen molar-refractivity contribution in [1.82, 2.24) is 10.2 Å². The quantitative estimate of drug-likeness (QED) is 0.774. The average Bonchev–Trinajstić information content (AvgIpc) is 2.75. The molecular formula is C14H28N2O2. The number of rotatable bonds is 4. The third-order valence-electron chi connectivity index (χ3n) is 4.22. The van der Waals surface area contributed by atoms with Gasteiger partial charge in [0.15, 0.2) is 0 Å². The largest absolute Gasteiger partial charge is 0.468 e. The molecule has 0 aliphatic carbocycles. The third kappa shape index (κ3) is 3.45. The van der Waals surface area contributed by atoms with Crippen molar-refractivity contribution in [2.45, 2.75) is 39.7 Å². The van der Waals surface area contributed by atoms with Gasteiger partial charge < -0.3 is 15.0 Å².